The minimum Gasteiger partial charge on any atom is -0.482 e. The number of hydrogen-bond acceptors (Lipinski definition) is 5. The van der Waals surface area contributed by atoms with Gasteiger partial charge in [-0.2, -0.15) is 4.31 Å². The van der Waals surface area contributed by atoms with Crippen LogP contribution in [0.3, 0.4) is 0 Å². The number of hydrogen-bond donors (Lipinski definition) is 1. The lowest BCUT2D eigenvalue weighted by Crippen LogP contribution is -2.45. The minimum atomic E-state index is -3.70. The molecule has 0 saturated carbocycles. The van der Waals surface area contributed by atoms with Gasteiger partial charge in [-0.15, -0.1) is 0 Å². The van der Waals surface area contributed by atoms with E-state index in [9.17, 15) is 18.0 Å². The van der Waals surface area contributed by atoms with Gasteiger partial charge < -0.3 is 15.0 Å². The summed E-state index contributed by atoms with van der Waals surface area (Å²) in [6, 6.07) is 3.12. The van der Waals surface area contributed by atoms with Crippen LogP contribution in [0.15, 0.2) is 17.0 Å². The maximum atomic E-state index is 13.2. The number of benzene rings is 1. The number of carbonyl (C=O) groups excluding carboxylic acids is 2. The molecule has 3 aliphatic heterocycles. The SMILES string of the molecule is Cc1cc2c(cc1S(=O)(=O)N1CCC(C(=O)N3CCCCC3)CC1)OCC(=O)N2. The van der Waals surface area contributed by atoms with Gasteiger partial charge in [-0.1, -0.05) is 0 Å². The maximum Gasteiger partial charge on any atom is 0.262 e. The highest BCUT2D eigenvalue weighted by molar-refractivity contribution is 7.89. The van der Waals surface area contributed by atoms with E-state index in [1.54, 1.807) is 13.0 Å². The molecule has 9 heteroatoms. The Hall–Kier alpha value is -2.13. The molecule has 158 valence electrons. The summed E-state index contributed by atoms with van der Waals surface area (Å²) in [7, 11) is -3.70. The number of rotatable bonds is 3. The Bertz CT molecular complexity index is 916. The molecule has 1 aromatic carbocycles. The van der Waals surface area contributed by atoms with Crippen molar-refractivity contribution in [2.75, 3.05) is 38.1 Å². The summed E-state index contributed by atoms with van der Waals surface area (Å²) in [6.07, 6.45) is 4.38. The van der Waals surface area contributed by atoms with Gasteiger partial charge in [0.1, 0.15) is 5.75 Å². The number of sulfonamides is 1. The van der Waals surface area contributed by atoms with E-state index in [-0.39, 0.29) is 29.2 Å². The van der Waals surface area contributed by atoms with E-state index in [4.69, 9.17) is 4.74 Å². The van der Waals surface area contributed by atoms with E-state index in [1.165, 1.54) is 16.8 Å². The molecule has 0 aliphatic carbocycles. The van der Waals surface area contributed by atoms with E-state index >= 15 is 0 Å². The van der Waals surface area contributed by atoms with Crippen molar-refractivity contribution in [3.63, 3.8) is 0 Å². The summed E-state index contributed by atoms with van der Waals surface area (Å²) in [5.41, 5.74) is 1.05. The number of anilines is 1. The summed E-state index contributed by atoms with van der Waals surface area (Å²) in [6.45, 7) is 3.89. The number of aryl methyl sites for hydroxylation is 1. The number of ether oxygens (including phenoxy) is 1. The molecule has 3 heterocycles. The highest BCUT2D eigenvalue weighted by Crippen LogP contribution is 2.35. The van der Waals surface area contributed by atoms with Gasteiger partial charge in [-0.25, -0.2) is 8.42 Å². The number of carbonyl (C=O) groups is 2. The van der Waals surface area contributed by atoms with Gasteiger partial charge in [0.15, 0.2) is 6.61 Å². The molecule has 3 aliphatic rings. The molecule has 1 aromatic rings. The summed E-state index contributed by atoms with van der Waals surface area (Å²) in [4.78, 5) is 26.3. The maximum absolute atomic E-state index is 13.2. The zero-order valence-corrected chi connectivity index (χ0v) is 17.5. The average molecular weight is 422 g/mol. The molecular weight excluding hydrogens is 394 g/mol. The predicted molar refractivity (Wildman–Crippen MR) is 107 cm³/mol. The Morgan fingerprint density at radius 2 is 1.79 bits per heavy atom. The van der Waals surface area contributed by atoms with E-state index in [0.717, 1.165) is 25.9 Å². The van der Waals surface area contributed by atoms with E-state index in [2.05, 4.69) is 5.32 Å². The Labute approximate surface area is 171 Å². The van der Waals surface area contributed by atoms with Crippen molar-refractivity contribution in [1.29, 1.82) is 0 Å². The second-order valence-corrected chi connectivity index (χ2v) is 9.92. The van der Waals surface area contributed by atoms with Gasteiger partial charge in [0.05, 0.1) is 10.6 Å². The molecule has 2 amide bonds. The van der Waals surface area contributed by atoms with Crippen LogP contribution in [-0.4, -0.2) is 62.2 Å². The zero-order valence-electron chi connectivity index (χ0n) is 16.6. The highest BCUT2D eigenvalue weighted by atomic mass is 32.2. The van der Waals surface area contributed by atoms with Crippen LogP contribution < -0.4 is 10.1 Å². The van der Waals surface area contributed by atoms with Crippen molar-refractivity contribution in [1.82, 2.24) is 9.21 Å². The molecule has 0 atom stereocenters. The lowest BCUT2D eigenvalue weighted by Gasteiger charge is -2.35. The number of nitrogens with zero attached hydrogens (tertiary/aromatic N) is 2. The topological polar surface area (TPSA) is 96.0 Å². The fraction of sp³-hybridized carbons (Fsp3) is 0.600. The van der Waals surface area contributed by atoms with E-state index in [1.807, 2.05) is 4.90 Å². The normalized spacial score (nSPS) is 21.3. The molecule has 4 rings (SSSR count). The first-order chi connectivity index (χ1) is 13.9. The second-order valence-electron chi connectivity index (χ2n) is 8.02. The Morgan fingerprint density at radius 1 is 1.10 bits per heavy atom. The molecule has 2 saturated heterocycles. The molecule has 0 aromatic heterocycles. The van der Waals surface area contributed by atoms with Crippen molar-refractivity contribution < 1.29 is 22.7 Å². The van der Waals surface area contributed by atoms with E-state index < -0.39 is 10.0 Å². The molecule has 8 nitrogen and oxygen atoms in total. The third-order valence-electron chi connectivity index (χ3n) is 6.00. The standard InChI is InChI=1S/C20H27N3O5S/c1-14-11-16-17(28-13-19(24)21-16)12-18(14)29(26,27)23-9-5-15(6-10-23)20(25)22-7-3-2-4-8-22/h11-12,15H,2-10,13H2,1H3,(H,21,24). The summed E-state index contributed by atoms with van der Waals surface area (Å²) < 4.78 is 33.3. The van der Waals surface area contributed by atoms with Crippen LogP contribution in [0.5, 0.6) is 5.75 Å². The van der Waals surface area contributed by atoms with Crippen LogP contribution in [0.4, 0.5) is 5.69 Å². The van der Waals surface area contributed by atoms with Crippen molar-refractivity contribution in [2.24, 2.45) is 5.92 Å². The van der Waals surface area contributed by atoms with Crippen molar-refractivity contribution in [3.05, 3.63) is 17.7 Å². The van der Waals surface area contributed by atoms with Gasteiger partial charge >= 0.3 is 0 Å². The van der Waals surface area contributed by atoms with Crippen LogP contribution in [0, 0.1) is 12.8 Å². The number of piperidine rings is 2. The van der Waals surface area contributed by atoms with Crippen LogP contribution >= 0.6 is 0 Å². The second kappa shape index (κ2) is 7.95. The Morgan fingerprint density at radius 3 is 2.48 bits per heavy atom. The third-order valence-corrected chi connectivity index (χ3v) is 8.04. The van der Waals surface area contributed by atoms with Gasteiger partial charge in [0.2, 0.25) is 15.9 Å². The monoisotopic (exact) mass is 421 g/mol. The highest BCUT2D eigenvalue weighted by Gasteiger charge is 2.35. The third kappa shape index (κ3) is 3.98. The first-order valence-corrected chi connectivity index (χ1v) is 11.7. The summed E-state index contributed by atoms with van der Waals surface area (Å²) in [5, 5.41) is 2.69. The summed E-state index contributed by atoms with van der Waals surface area (Å²) in [5.74, 6) is 0.190. The predicted octanol–water partition coefficient (Wildman–Crippen LogP) is 1.74. The molecular formula is C20H27N3O5S. The van der Waals surface area contributed by atoms with Crippen molar-refractivity contribution in [2.45, 2.75) is 43.9 Å². The van der Waals surface area contributed by atoms with E-state index in [0.29, 0.717) is 42.9 Å². The smallest absolute Gasteiger partial charge is 0.262 e. The lowest BCUT2D eigenvalue weighted by molar-refractivity contribution is -0.137. The fourth-order valence-corrected chi connectivity index (χ4v) is 6.04. The van der Waals surface area contributed by atoms with Crippen LogP contribution in [0.2, 0.25) is 0 Å². The van der Waals surface area contributed by atoms with Gasteiger partial charge in [-0.3, -0.25) is 9.59 Å². The molecule has 0 radical (unpaired) electrons. The molecule has 0 unspecified atom stereocenters. The minimum absolute atomic E-state index is 0.0947. The van der Waals surface area contributed by atoms with Gasteiger partial charge in [0, 0.05) is 38.2 Å². The van der Waals surface area contributed by atoms with Crippen LogP contribution in [-0.2, 0) is 19.6 Å². The molecule has 1 N–H and O–H groups in total. The number of amides is 2. The average Bonchev–Trinajstić information content (AvgIpc) is 2.73. The van der Waals surface area contributed by atoms with Crippen LogP contribution in [0.1, 0.15) is 37.7 Å². The number of likely N-dealkylation sites (tertiary alicyclic amines) is 1. The van der Waals surface area contributed by atoms with Gasteiger partial charge in [0.25, 0.3) is 5.91 Å². The molecule has 2 fully saturated rings. The van der Waals surface area contributed by atoms with Crippen LogP contribution in [0.25, 0.3) is 0 Å². The first kappa shape index (κ1) is 20.2. The van der Waals surface area contributed by atoms with Crippen molar-refractivity contribution >= 4 is 27.5 Å². The lowest BCUT2D eigenvalue weighted by atomic mass is 9.95. The van der Waals surface area contributed by atoms with Crippen molar-refractivity contribution in [3.8, 4) is 5.75 Å². The molecule has 0 bridgehead atoms. The Kier molecular flexibility index (Phi) is 5.52. The zero-order chi connectivity index (χ0) is 20.6. The number of nitrogens with one attached hydrogen (secondary N) is 1. The first-order valence-electron chi connectivity index (χ1n) is 10.2. The quantitative estimate of drug-likeness (QED) is 0.802. The molecule has 29 heavy (non-hydrogen) atoms. The molecule has 0 spiro atoms. The number of fused-ring (bicyclic) bond motifs is 1. The largest absolute Gasteiger partial charge is 0.482 e. The fourth-order valence-electron chi connectivity index (χ4n) is 4.35. The summed E-state index contributed by atoms with van der Waals surface area (Å²) >= 11 is 0. The van der Waals surface area contributed by atoms with Gasteiger partial charge in [-0.05, 0) is 50.7 Å². The Balaban J connectivity index is 1.46.